The van der Waals surface area contributed by atoms with Crippen molar-refractivity contribution in [2.75, 3.05) is 0 Å². The van der Waals surface area contributed by atoms with E-state index in [4.69, 9.17) is 0 Å². The minimum Gasteiger partial charge on any atom is -0.393 e. The van der Waals surface area contributed by atoms with Crippen LogP contribution in [0.3, 0.4) is 0 Å². The Morgan fingerprint density at radius 2 is 1.83 bits per heavy atom. The summed E-state index contributed by atoms with van der Waals surface area (Å²) in [6.07, 6.45) is 2.57. The first-order valence-electron chi connectivity index (χ1n) is 9.31. The number of aliphatic hydroxyl groups is 2. The van der Waals surface area contributed by atoms with Crippen LogP contribution in [0.5, 0.6) is 0 Å². The first-order valence-corrected chi connectivity index (χ1v) is 9.31. The minimum absolute atomic E-state index is 0.0522. The fraction of sp³-hybridized carbons (Fsp3) is 0.947. The van der Waals surface area contributed by atoms with Gasteiger partial charge >= 0.3 is 0 Å². The van der Waals surface area contributed by atoms with Gasteiger partial charge in [0, 0.05) is 11.8 Å². The second-order valence-electron chi connectivity index (χ2n) is 9.23. The Hall–Kier alpha value is -0.480. The highest BCUT2D eigenvalue weighted by Crippen LogP contribution is 2.65. The molecule has 4 heteroatoms. The third-order valence-electron chi connectivity index (χ3n) is 8.26. The van der Waals surface area contributed by atoms with E-state index >= 15 is 0 Å². The van der Waals surface area contributed by atoms with Gasteiger partial charge in [0.25, 0.3) is 0 Å². The fourth-order valence-corrected chi connectivity index (χ4v) is 7.15. The molecule has 0 aromatic carbocycles. The molecule has 4 aliphatic rings. The lowest BCUT2D eigenvalue weighted by atomic mass is 9.44. The number of halogens is 1. The lowest BCUT2D eigenvalue weighted by Gasteiger charge is -2.62. The van der Waals surface area contributed by atoms with Gasteiger partial charge in [-0.25, -0.2) is 4.39 Å². The van der Waals surface area contributed by atoms with Crippen LogP contribution in [-0.4, -0.2) is 34.4 Å². The van der Waals surface area contributed by atoms with E-state index in [-0.39, 0.29) is 34.9 Å². The lowest BCUT2D eigenvalue weighted by Crippen LogP contribution is -2.62. The molecule has 0 bridgehead atoms. The lowest BCUT2D eigenvalue weighted by molar-refractivity contribution is -0.200. The highest BCUT2D eigenvalue weighted by Gasteiger charge is 2.64. The molecule has 130 valence electrons. The van der Waals surface area contributed by atoms with Gasteiger partial charge in [-0.1, -0.05) is 13.8 Å². The third-order valence-corrected chi connectivity index (χ3v) is 8.26. The average molecular weight is 324 g/mol. The van der Waals surface area contributed by atoms with E-state index in [1.54, 1.807) is 0 Å². The Kier molecular flexibility index (Phi) is 3.49. The van der Waals surface area contributed by atoms with Crippen LogP contribution in [-0.2, 0) is 4.79 Å². The molecule has 0 aliphatic heterocycles. The van der Waals surface area contributed by atoms with Crippen molar-refractivity contribution in [1.29, 1.82) is 0 Å². The first kappa shape index (κ1) is 16.0. The molecular formula is C19H29FO3. The Morgan fingerprint density at radius 3 is 2.57 bits per heavy atom. The summed E-state index contributed by atoms with van der Waals surface area (Å²) in [6, 6.07) is 0. The van der Waals surface area contributed by atoms with Gasteiger partial charge in [0.2, 0.25) is 0 Å². The van der Waals surface area contributed by atoms with Gasteiger partial charge in [-0.05, 0) is 67.6 Å². The van der Waals surface area contributed by atoms with Crippen LogP contribution < -0.4 is 0 Å². The molecular weight excluding hydrogens is 295 g/mol. The van der Waals surface area contributed by atoms with E-state index in [2.05, 4.69) is 6.92 Å². The molecule has 6 unspecified atom stereocenters. The number of aliphatic hydroxyl groups excluding tert-OH is 2. The van der Waals surface area contributed by atoms with Gasteiger partial charge in [-0.3, -0.25) is 4.79 Å². The van der Waals surface area contributed by atoms with Crippen LogP contribution in [0.15, 0.2) is 0 Å². The largest absolute Gasteiger partial charge is 0.393 e. The molecule has 0 saturated heterocycles. The monoisotopic (exact) mass is 324 g/mol. The van der Waals surface area contributed by atoms with Crippen LogP contribution in [0.4, 0.5) is 4.39 Å². The van der Waals surface area contributed by atoms with Gasteiger partial charge in [0.05, 0.1) is 12.2 Å². The van der Waals surface area contributed by atoms with Crippen LogP contribution in [0, 0.1) is 34.5 Å². The second kappa shape index (κ2) is 5.01. The summed E-state index contributed by atoms with van der Waals surface area (Å²) in [5, 5.41) is 21.7. The first-order chi connectivity index (χ1) is 10.8. The molecule has 23 heavy (non-hydrogen) atoms. The number of hydrogen-bond acceptors (Lipinski definition) is 3. The van der Waals surface area contributed by atoms with E-state index in [0.717, 1.165) is 12.8 Å². The zero-order valence-electron chi connectivity index (χ0n) is 14.2. The van der Waals surface area contributed by atoms with Crippen molar-refractivity contribution in [3.8, 4) is 0 Å². The summed E-state index contributed by atoms with van der Waals surface area (Å²) in [5.74, 6) is 0.812. The summed E-state index contributed by atoms with van der Waals surface area (Å²) in [7, 11) is 0. The van der Waals surface area contributed by atoms with E-state index in [9.17, 15) is 19.4 Å². The molecule has 0 spiro atoms. The molecule has 9 atom stereocenters. The van der Waals surface area contributed by atoms with E-state index in [0.29, 0.717) is 32.1 Å². The predicted molar refractivity (Wildman–Crippen MR) is 84.4 cm³/mol. The molecule has 3 nitrogen and oxygen atoms in total. The van der Waals surface area contributed by atoms with Crippen molar-refractivity contribution in [2.45, 2.75) is 77.2 Å². The van der Waals surface area contributed by atoms with E-state index in [1.165, 1.54) is 0 Å². The number of fused-ring (bicyclic) bond motifs is 5. The van der Waals surface area contributed by atoms with Crippen molar-refractivity contribution < 1.29 is 19.4 Å². The number of hydrogen-bond donors (Lipinski definition) is 2. The third kappa shape index (κ3) is 2.03. The summed E-state index contributed by atoms with van der Waals surface area (Å²) in [5.41, 5.74) is -0.613. The van der Waals surface area contributed by atoms with Crippen LogP contribution in [0.1, 0.15) is 58.8 Å². The van der Waals surface area contributed by atoms with E-state index in [1.807, 2.05) is 6.92 Å². The Bertz CT molecular complexity index is 523. The van der Waals surface area contributed by atoms with Crippen LogP contribution in [0.25, 0.3) is 0 Å². The molecule has 0 heterocycles. The maximum atomic E-state index is 13.9. The average Bonchev–Trinajstić information content (AvgIpc) is 2.76. The zero-order valence-corrected chi connectivity index (χ0v) is 14.2. The van der Waals surface area contributed by atoms with Crippen molar-refractivity contribution in [2.24, 2.45) is 34.5 Å². The summed E-state index contributed by atoms with van der Waals surface area (Å²) >= 11 is 0. The van der Waals surface area contributed by atoms with E-state index < -0.39 is 23.8 Å². The van der Waals surface area contributed by atoms with Crippen molar-refractivity contribution >= 4 is 5.78 Å². The summed E-state index contributed by atoms with van der Waals surface area (Å²) in [6.45, 7) is 4.18. The molecule has 4 aliphatic carbocycles. The summed E-state index contributed by atoms with van der Waals surface area (Å²) < 4.78 is 13.9. The number of rotatable bonds is 0. The van der Waals surface area contributed by atoms with Gasteiger partial charge in [0.15, 0.2) is 0 Å². The van der Waals surface area contributed by atoms with Gasteiger partial charge < -0.3 is 10.2 Å². The Labute approximate surface area is 137 Å². The molecule has 0 aromatic heterocycles. The van der Waals surface area contributed by atoms with Gasteiger partial charge in [0.1, 0.15) is 12.0 Å². The highest BCUT2D eigenvalue weighted by atomic mass is 19.1. The molecule has 0 radical (unpaired) electrons. The number of Topliss-reactive ketones (excluding diaryl/α,β-unsaturated/α-hetero) is 1. The Morgan fingerprint density at radius 1 is 1.09 bits per heavy atom. The summed E-state index contributed by atoms with van der Waals surface area (Å²) in [4.78, 5) is 12.4. The van der Waals surface area contributed by atoms with Gasteiger partial charge in [-0.2, -0.15) is 0 Å². The minimum atomic E-state index is -0.821. The highest BCUT2D eigenvalue weighted by molar-refractivity contribution is 5.87. The molecule has 2 N–H and O–H groups in total. The fourth-order valence-electron chi connectivity index (χ4n) is 7.15. The van der Waals surface area contributed by atoms with Crippen molar-refractivity contribution in [3.05, 3.63) is 0 Å². The SMILES string of the molecule is CC12C[C@@H](O)C3C(C[C@H](O)[C@H]4CC(F)CCC34C)C1CCC2=O. The molecule has 0 aromatic rings. The maximum Gasteiger partial charge on any atom is 0.139 e. The maximum absolute atomic E-state index is 13.9. The molecule has 4 rings (SSSR count). The quantitative estimate of drug-likeness (QED) is 0.720. The zero-order chi connectivity index (χ0) is 16.6. The number of carbonyl (C=O) groups excluding carboxylic acids is 1. The Balaban J connectivity index is 1.73. The molecule has 4 saturated carbocycles. The smallest absolute Gasteiger partial charge is 0.139 e. The van der Waals surface area contributed by atoms with Crippen LogP contribution in [0.2, 0.25) is 0 Å². The van der Waals surface area contributed by atoms with Crippen LogP contribution >= 0.6 is 0 Å². The molecule has 0 amide bonds. The van der Waals surface area contributed by atoms with Gasteiger partial charge in [-0.15, -0.1) is 0 Å². The topological polar surface area (TPSA) is 57.5 Å². The van der Waals surface area contributed by atoms with Crippen molar-refractivity contribution in [1.82, 2.24) is 0 Å². The number of carbonyl (C=O) groups is 1. The predicted octanol–water partition coefficient (Wildman–Crippen LogP) is 2.88. The standard InChI is InChI=1S/C19H29FO3/c1-18-6-5-10(20)7-13(18)14(21)8-11-12-3-4-16(23)19(12,2)9-15(22)17(11)18/h10-15,17,21-22H,3-9H2,1-2H3/t10?,11?,12?,13-,14+,15-,17?,18?,19?/m1/s1. The molecule has 4 fully saturated rings. The second-order valence-corrected chi connectivity index (χ2v) is 9.23. The number of alkyl halides is 1. The van der Waals surface area contributed by atoms with Crippen molar-refractivity contribution in [3.63, 3.8) is 0 Å². The normalized spacial score (nSPS) is 59.2. The number of ketones is 1.